The van der Waals surface area contributed by atoms with Gasteiger partial charge in [0.05, 0.1) is 16.6 Å². The van der Waals surface area contributed by atoms with Crippen molar-refractivity contribution in [3.05, 3.63) is 16.1 Å². The van der Waals surface area contributed by atoms with E-state index in [1.165, 1.54) is 50.0 Å². The summed E-state index contributed by atoms with van der Waals surface area (Å²) in [5.41, 5.74) is 1.05. The van der Waals surface area contributed by atoms with E-state index in [1.807, 2.05) is 0 Å². The molecule has 1 saturated carbocycles. The van der Waals surface area contributed by atoms with Crippen molar-refractivity contribution in [2.24, 2.45) is 0 Å². The normalized spacial score (nSPS) is 19.8. The summed E-state index contributed by atoms with van der Waals surface area (Å²) in [6.45, 7) is 0. The SMILES string of the molecule is ClCc1csc(C2CCCCCCC2)n1. The molecule has 1 aromatic rings. The molecule has 0 N–H and O–H groups in total. The zero-order valence-corrected chi connectivity index (χ0v) is 10.6. The summed E-state index contributed by atoms with van der Waals surface area (Å²) in [6.07, 6.45) is 9.65. The van der Waals surface area contributed by atoms with Crippen LogP contribution in [0.4, 0.5) is 0 Å². The highest BCUT2D eigenvalue weighted by Gasteiger charge is 2.16. The molecule has 0 aromatic carbocycles. The van der Waals surface area contributed by atoms with Crippen LogP contribution in [0.1, 0.15) is 61.6 Å². The van der Waals surface area contributed by atoms with E-state index in [9.17, 15) is 0 Å². The van der Waals surface area contributed by atoms with Gasteiger partial charge in [-0.2, -0.15) is 0 Å². The summed E-state index contributed by atoms with van der Waals surface area (Å²) < 4.78 is 0. The molecular weight excluding hydrogens is 226 g/mol. The second-order valence-corrected chi connectivity index (χ2v) is 5.51. The van der Waals surface area contributed by atoms with Gasteiger partial charge in [0.25, 0.3) is 0 Å². The minimum Gasteiger partial charge on any atom is -0.245 e. The maximum Gasteiger partial charge on any atom is 0.0959 e. The molecule has 1 aliphatic carbocycles. The predicted octanol–water partition coefficient (Wildman–Crippen LogP) is 4.71. The van der Waals surface area contributed by atoms with Gasteiger partial charge in [-0.3, -0.25) is 0 Å². The van der Waals surface area contributed by atoms with E-state index in [1.54, 1.807) is 11.3 Å². The van der Waals surface area contributed by atoms with E-state index >= 15 is 0 Å². The lowest BCUT2D eigenvalue weighted by Crippen LogP contribution is -2.02. The van der Waals surface area contributed by atoms with Gasteiger partial charge in [0.1, 0.15) is 0 Å². The molecule has 1 aromatic heterocycles. The summed E-state index contributed by atoms with van der Waals surface area (Å²) in [5.74, 6) is 1.27. The Morgan fingerprint density at radius 2 is 1.87 bits per heavy atom. The number of thiazole rings is 1. The zero-order chi connectivity index (χ0) is 10.5. The van der Waals surface area contributed by atoms with Crippen LogP contribution < -0.4 is 0 Å². The summed E-state index contributed by atoms with van der Waals surface area (Å²) >= 11 is 7.58. The quantitative estimate of drug-likeness (QED) is 0.686. The van der Waals surface area contributed by atoms with Gasteiger partial charge in [-0.05, 0) is 12.8 Å². The average Bonchev–Trinajstić information content (AvgIpc) is 2.65. The van der Waals surface area contributed by atoms with Gasteiger partial charge in [0, 0.05) is 11.3 Å². The topological polar surface area (TPSA) is 12.9 Å². The Morgan fingerprint density at radius 3 is 2.47 bits per heavy atom. The first kappa shape index (κ1) is 11.4. The number of rotatable bonds is 2. The molecular formula is C12H18ClNS. The van der Waals surface area contributed by atoms with Gasteiger partial charge in [0.2, 0.25) is 0 Å². The molecule has 0 radical (unpaired) electrons. The highest BCUT2D eigenvalue weighted by molar-refractivity contribution is 7.09. The van der Waals surface area contributed by atoms with E-state index in [4.69, 9.17) is 11.6 Å². The fourth-order valence-electron chi connectivity index (χ4n) is 2.27. The third-order valence-electron chi connectivity index (χ3n) is 3.16. The Balaban J connectivity index is 2.00. The van der Waals surface area contributed by atoms with Crippen molar-refractivity contribution in [3.8, 4) is 0 Å². The minimum absolute atomic E-state index is 0.559. The summed E-state index contributed by atoms with van der Waals surface area (Å²) in [6, 6.07) is 0. The van der Waals surface area contributed by atoms with Crippen LogP contribution >= 0.6 is 22.9 Å². The lowest BCUT2D eigenvalue weighted by Gasteiger charge is -2.17. The molecule has 15 heavy (non-hydrogen) atoms. The van der Waals surface area contributed by atoms with Crippen LogP contribution in [0.15, 0.2) is 5.38 Å². The van der Waals surface area contributed by atoms with Crippen LogP contribution in [-0.2, 0) is 5.88 Å². The number of hydrogen-bond donors (Lipinski definition) is 0. The van der Waals surface area contributed by atoms with Crippen molar-refractivity contribution in [1.82, 2.24) is 4.98 Å². The fraction of sp³-hybridized carbons (Fsp3) is 0.750. The number of aromatic nitrogens is 1. The second kappa shape index (κ2) is 5.86. The van der Waals surface area contributed by atoms with E-state index in [-0.39, 0.29) is 0 Å². The number of halogens is 1. The van der Waals surface area contributed by atoms with Crippen molar-refractivity contribution in [2.75, 3.05) is 0 Å². The van der Waals surface area contributed by atoms with Crippen molar-refractivity contribution in [1.29, 1.82) is 0 Å². The molecule has 1 aliphatic rings. The molecule has 2 rings (SSSR count). The van der Waals surface area contributed by atoms with Crippen molar-refractivity contribution < 1.29 is 0 Å². The van der Waals surface area contributed by atoms with Gasteiger partial charge < -0.3 is 0 Å². The van der Waals surface area contributed by atoms with Crippen LogP contribution in [0.3, 0.4) is 0 Å². The van der Waals surface area contributed by atoms with E-state index in [0.717, 1.165) is 5.69 Å². The third-order valence-corrected chi connectivity index (χ3v) is 4.49. The van der Waals surface area contributed by atoms with Crippen LogP contribution in [0.2, 0.25) is 0 Å². The van der Waals surface area contributed by atoms with E-state index < -0.39 is 0 Å². The molecule has 3 heteroatoms. The summed E-state index contributed by atoms with van der Waals surface area (Å²) in [4.78, 5) is 4.61. The Bertz CT molecular complexity index is 290. The van der Waals surface area contributed by atoms with Crippen LogP contribution in [0.25, 0.3) is 0 Å². The lowest BCUT2D eigenvalue weighted by atomic mass is 9.92. The first-order chi connectivity index (χ1) is 7.40. The second-order valence-electron chi connectivity index (χ2n) is 4.35. The first-order valence-electron chi connectivity index (χ1n) is 5.90. The minimum atomic E-state index is 0.559. The maximum atomic E-state index is 5.78. The molecule has 1 fully saturated rings. The largest absolute Gasteiger partial charge is 0.245 e. The standard InChI is InChI=1S/C12H18ClNS/c13-8-11-9-15-12(14-11)10-6-4-2-1-3-5-7-10/h9-10H,1-8H2. The Morgan fingerprint density at radius 1 is 1.20 bits per heavy atom. The number of hydrogen-bond acceptors (Lipinski definition) is 2. The van der Waals surface area contributed by atoms with Crippen molar-refractivity contribution >= 4 is 22.9 Å². The molecule has 0 spiro atoms. The van der Waals surface area contributed by atoms with Crippen molar-refractivity contribution in [2.45, 2.75) is 56.7 Å². The van der Waals surface area contributed by atoms with Gasteiger partial charge in [-0.15, -0.1) is 22.9 Å². The van der Waals surface area contributed by atoms with Crippen LogP contribution in [0, 0.1) is 0 Å². The Kier molecular flexibility index (Phi) is 4.45. The van der Waals surface area contributed by atoms with Crippen LogP contribution in [-0.4, -0.2) is 4.98 Å². The summed E-state index contributed by atoms with van der Waals surface area (Å²) in [5, 5.41) is 3.44. The predicted molar refractivity (Wildman–Crippen MR) is 66.7 cm³/mol. The third kappa shape index (κ3) is 3.18. The number of nitrogens with zero attached hydrogens (tertiary/aromatic N) is 1. The van der Waals surface area contributed by atoms with E-state index in [0.29, 0.717) is 11.8 Å². The van der Waals surface area contributed by atoms with Gasteiger partial charge in [0.15, 0.2) is 0 Å². The lowest BCUT2D eigenvalue weighted by molar-refractivity contribution is 0.454. The zero-order valence-electron chi connectivity index (χ0n) is 9.04. The molecule has 0 bridgehead atoms. The highest BCUT2D eigenvalue weighted by atomic mass is 35.5. The molecule has 1 heterocycles. The molecule has 0 atom stereocenters. The van der Waals surface area contributed by atoms with Crippen LogP contribution in [0.5, 0.6) is 0 Å². The van der Waals surface area contributed by atoms with Gasteiger partial charge >= 0.3 is 0 Å². The molecule has 1 nitrogen and oxygen atoms in total. The summed E-state index contributed by atoms with van der Waals surface area (Å²) in [7, 11) is 0. The maximum absolute atomic E-state index is 5.78. The number of alkyl halides is 1. The van der Waals surface area contributed by atoms with E-state index in [2.05, 4.69) is 10.4 Å². The average molecular weight is 244 g/mol. The molecule has 0 unspecified atom stereocenters. The van der Waals surface area contributed by atoms with Crippen molar-refractivity contribution in [3.63, 3.8) is 0 Å². The Hall–Kier alpha value is -0.0800. The van der Waals surface area contributed by atoms with Gasteiger partial charge in [-0.1, -0.05) is 32.1 Å². The first-order valence-corrected chi connectivity index (χ1v) is 7.32. The molecule has 84 valence electrons. The smallest absolute Gasteiger partial charge is 0.0959 e. The fourth-order valence-corrected chi connectivity index (χ4v) is 3.49. The highest BCUT2D eigenvalue weighted by Crippen LogP contribution is 2.32. The molecule has 0 aliphatic heterocycles. The van der Waals surface area contributed by atoms with Gasteiger partial charge in [-0.25, -0.2) is 4.98 Å². The monoisotopic (exact) mass is 243 g/mol. The molecule has 0 saturated heterocycles. The molecule has 0 amide bonds. The Labute approximate surface area is 101 Å².